The van der Waals surface area contributed by atoms with Crippen molar-refractivity contribution in [2.75, 3.05) is 166 Å². The van der Waals surface area contributed by atoms with E-state index in [-0.39, 0.29) is 12.4 Å². The van der Waals surface area contributed by atoms with Crippen LogP contribution in [0, 0.1) is 0 Å². The number of hydrogen-bond acceptors (Lipinski definition) is 14. The summed E-state index contributed by atoms with van der Waals surface area (Å²) in [4.78, 5) is 10.9. The first kappa shape index (κ1) is 57.0. The molecular weight excluding hydrogens is 752 g/mol. The highest BCUT2D eigenvalue weighted by molar-refractivity contribution is 5.69. The van der Waals surface area contributed by atoms with Crippen LogP contribution in [0.1, 0.15) is 116 Å². The molecule has 0 spiro atoms. The van der Waals surface area contributed by atoms with Crippen molar-refractivity contribution in [2.24, 2.45) is 0 Å². The van der Waals surface area contributed by atoms with Gasteiger partial charge in [-0.25, -0.2) is 0 Å². The highest BCUT2D eigenvalue weighted by Crippen LogP contribution is 2.13. The summed E-state index contributed by atoms with van der Waals surface area (Å²) in [5.41, 5.74) is 0. The van der Waals surface area contributed by atoms with Gasteiger partial charge in [-0.05, 0) is 6.42 Å². The molecule has 0 unspecified atom stereocenters. The van der Waals surface area contributed by atoms with E-state index in [0.29, 0.717) is 152 Å². The number of unbranched alkanes of at least 4 members (excludes halogenated alkanes) is 15. The number of esters is 1. The third-order valence-electron chi connectivity index (χ3n) is 8.91. The molecule has 0 saturated heterocycles. The maximum absolute atomic E-state index is 10.9. The molecule has 348 valence electrons. The van der Waals surface area contributed by atoms with Crippen molar-refractivity contribution in [1.82, 2.24) is 0 Å². The van der Waals surface area contributed by atoms with Gasteiger partial charge in [0, 0.05) is 6.61 Å². The fourth-order valence-corrected chi connectivity index (χ4v) is 5.53. The summed E-state index contributed by atoms with van der Waals surface area (Å²) in [5.74, 6) is -0.284. The Bertz CT molecular complexity index is 751. The van der Waals surface area contributed by atoms with Crippen molar-refractivity contribution in [1.29, 1.82) is 0 Å². The number of carbonyl (C=O) groups is 1. The smallest absolute Gasteiger partial charge is 0.307 e. The van der Waals surface area contributed by atoms with Gasteiger partial charge in [0.1, 0.15) is 0 Å². The zero-order valence-corrected chi connectivity index (χ0v) is 37.2. The summed E-state index contributed by atoms with van der Waals surface area (Å²) in [5, 5.41) is 0. The zero-order chi connectivity index (χ0) is 41.8. The summed E-state index contributed by atoms with van der Waals surface area (Å²) in [6, 6.07) is 0. The highest BCUT2D eigenvalue weighted by Gasteiger charge is 2.00. The highest BCUT2D eigenvalue weighted by atomic mass is 16.6. The number of rotatable bonds is 53. The Balaban J connectivity index is 3.06. The molecule has 0 aliphatic heterocycles. The number of hydrogen-bond donors (Lipinski definition) is 0. The standard InChI is InChI=1S/C44H88O14/c1-3-4-5-6-7-8-9-10-11-12-13-14-15-16-17-18-20-47-22-24-49-26-28-51-30-32-53-34-36-55-38-40-57-42-43-58-41-39-56-37-35-54-33-31-52-29-27-50-25-23-48-21-19-44(45)46-2/h3-43H2,1-2H3. The van der Waals surface area contributed by atoms with Gasteiger partial charge in [-0.3, -0.25) is 4.79 Å². The monoisotopic (exact) mass is 841 g/mol. The Hall–Kier alpha value is -1.01. The molecule has 14 nitrogen and oxygen atoms in total. The predicted molar refractivity (Wildman–Crippen MR) is 226 cm³/mol. The van der Waals surface area contributed by atoms with Gasteiger partial charge in [-0.1, -0.05) is 103 Å². The van der Waals surface area contributed by atoms with Crippen molar-refractivity contribution in [3.05, 3.63) is 0 Å². The summed E-state index contributed by atoms with van der Waals surface area (Å²) in [6.45, 7) is 14.8. The maximum Gasteiger partial charge on any atom is 0.307 e. The van der Waals surface area contributed by atoms with Crippen LogP contribution in [0.15, 0.2) is 0 Å². The summed E-state index contributed by atoms with van der Waals surface area (Å²) in [7, 11) is 1.36. The fourth-order valence-electron chi connectivity index (χ4n) is 5.53. The first-order valence-electron chi connectivity index (χ1n) is 22.8. The Morgan fingerprint density at radius 1 is 0.259 bits per heavy atom. The quantitative estimate of drug-likeness (QED) is 0.0459. The van der Waals surface area contributed by atoms with Gasteiger partial charge in [0.25, 0.3) is 0 Å². The lowest BCUT2D eigenvalue weighted by Crippen LogP contribution is -2.15. The molecule has 0 aromatic carbocycles. The molecule has 14 heteroatoms. The van der Waals surface area contributed by atoms with E-state index < -0.39 is 0 Å². The van der Waals surface area contributed by atoms with Gasteiger partial charge < -0.3 is 61.6 Å². The third-order valence-corrected chi connectivity index (χ3v) is 8.91. The minimum absolute atomic E-state index is 0.246. The minimum Gasteiger partial charge on any atom is -0.469 e. The summed E-state index contributed by atoms with van der Waals surface area (Å²) >= 11 is 0. The average Bonchev–Trinajstić information content (AvgIpc) is 3.24. The van der Waals surface area contributed by atoms with Crippen molar-refractivity contribution >= 4 is 5.97 Å². The van der Waals surface area contributed by atoms with Gasteiger partial charge >= 0.3 is 5.97 Å². The van der Waals surface area contributed by atoms with E-state index in [1.165, 1.54) is 103 Å². The lowest BCUT2D eigenvalue weighted by Gasteiger charge is -2.09. The molecular formula is C44H88O14. The van der Waals surface area contributed by atoms with Crippen molar-refractivity contribution in [3.8, 4) is 0 Å². The van der Waals surface area contributed by atoms with Crippen molar-refractivity contribution < 1.29 is 66.4 Å². The zero-order valence-electron chi connectivity index (χ0n) is 37.2. The lowest BCUT2D eigenvalue weighted by molar-refractivity contribution is -0.141. The van der Waals surface area contributed by atoms with Crippen LogP contribution in [0.4, 0.5) is 0 Å². The first-order chi connectivity index (χ1) is 28.8. The van der Waals surface area contributed by atoms with Gasteiger partial charge in [0.2, 0.25) is 0 Å². The van der Waals surface area contributed by atoms with E-state index in [1.807, 2.05) is 0 Å². The largest absolute Gasteiger partial charge is 0.469 e. The molecule has 0 rings (SSSR count). The van der Waals surface area contributed by atoms with Crippen molar-refractivity contribution in [2.45, 2.75) is 116 Å². The number of ether oxygens (including phenoxy) is 13. The Morgan fingerprint density at radius 3 is 0.672 bits per heavy atom. The van der Waals surface area contributed by atoms with Gasteiger partial charge in [-0.2, -0.15) is 0 Å². The van der Waals surface area contributed by atoms with Crippen LogP contribution >= 0.6 is 0 Å². The molecule has 0 bridgehead atoms. The molecule has 0 fully saturated rings. The van der Waals surface area contributed by atoms with Gasteiger partial charge in [0.05, 0.1) is 165 Å². The van der Waals surface area contributed by atoms with Gasteiger partial charge in [0.15, 0.2) is 0 Å². The van der Waals surface area contributed by atoms with Crippen LogP contribution in [-0.2, 0) is 66.4 Å². The van der Waals surface area contributed by atoms with E-state index in [2.05, 4.69) is 11.7 Å². The van der Waals surface area contributed by atoms with Crippen LogP contribution in [0.25, 0.3) is 0 Å². The topological polar surface area (TPSA) is 137 Å². The molecule has 0 aliphatic carbocycles. The van der Waals surface area contributed by atoms with Crippen LogP contribution in [-0.4, -0.2) is 172 Å². The second kappa shape index (κ2) is 54.0. The molecule has 58 heavy (non-hydrogen) atoms. The Kier molecular flexibility index (Phi) is 53.1. The van der Waals surface area contributed by atoms with Crippen LogP contribution in [0.3, 0.4) is 0 Å². The average molecular weight is 841 g/mol. The maximum atomic E-state index is 10.9. The van der Waals surface area contributed by atoms with Crippen LogP contribution in [0.5, 0.6) is 0 Å². The Morgan fingerprint density at radius 2 is 0.448 bits per heavy atom. The molecule has 0 saturated carbocycles. The fraction of sp³-hybridized carbons (Fsp3) is 0.977. The van der Waals surface area contributed by atoms with Crippen molar-refractivity contribution in [3.63, 3.8) is 0 Å². The van der Waals surface area contributed by atoms with Gasteiger partial charge in [-0.15, -0.1) is 0 Å². The van der Waals surface area contributed by atoms with E-state index in [4.69, 9.17) is 56.8 Å². The van der Waals surface area contributed by atoms with E-state index >= 15 is 0 Å². The minimum atomic E-state index is -0.284. The second-order valence-electron chi connectivity index (χ2n) is 14.0. The molecule has 0 aromatic heterocycles. The van der Waals surface area contributed by atoms with E-state index in [9.17, 15) is 4.79 Å². The predicted octanol–water partition coefficient (Wildman–Crippen LogP) is 7.01. The molecule has 0 atom stereocenters. The summed E-state index contributed by atoms with van der Waals surface area (Å²) in [6.07, 6.45) is 22.4. The SMILES string of the molecule is CCCCCCCCCCCCCCCCCCOCCOCCOCCOCCOCCOCCOCCOCCOCCOCCOCCOCCC(=O)OC. The lowest BCUT2D eigenvalue weighted by atomic mass is 10.0. The van der Waals surface area contributed by atoms with E-state index in [1.54, 1.807) is 0 Å². The summed E-state index contributed by atoms with van der Waals surface area (Å²) < 4.78 is 70.5. The molecule has 0 amide bonds. The second-order valence-corrected chi connectivity index (χ2v) is 14.0. The van der Waals surface area contributed by atoms with Crippen LogP contribution < -0.4 is 0 Å². The number of methoxy groups -OCH3 is 1. The molecule has 0 aliphatic rings. The number of carbonyl (C=O) groups excluding carboxylic acids is 1. The Labute approximate surface area is 353 Å². The van der Waals surface area contributed by atoms with Crippen LogP contribution in [0.2, 0.25) is 0 Å². The molecule has 0 heterocycles. The molecule has 0 N–H and O–H groups in total. The normalized spacial score (nSPS) is 11.6. The third kappa shape index (κ3) is 53.0. The van der Waals surface area contributed by atoms with E-state index in [0.717, 1.165) is 13.0 Å². The molecule has 0 aromatic rings. The molecule has 0 radical (unpaired) electrons. The first-order valence-corrected chi connectivity index (χ1v) is 22.8.